The largest absolute Gasteiger partial charge is 0.338 e. The van der Waals surface area contributed by atoms with Gasteiger partial charge < -0.3 is 10.6 Å². The average Bonchev–Trinajstić information content (AvgIpc) is 2.54. The lowest BCUT2D eigenvalue weighted by atomic mass is 9.48. The molecular weight excluding hydrogens is 296 g/mol. The molecule has 4 fully saturated rings. The molecule has 24 heavy (non-hydrogen) atoms. The maximum absolute atomic E-state index is 12.3. The van der Waals surface area contributed by atoms with Gasteiger partial charge in [0.05, 0.1) is 0 Å². The summed E-state index contributed by atoms with van der Waals surface area (Å²) in [6.45, 7) is 2.94. The van der Waals surface area contributed by atoms with Gasteiger partial charge in [-0.1, -0.05) is 30.3 Å². The lowest BCUT2D eigenvalue weighted by Crippen LogP contribution is -2.57. The number of rotatable bonds is 5. The van der Waals surface area contributed by atoms with E-state index in [9.17, 15) is 4.79 Å². The van der Waals surface area contributed by atoms with Crippen LogP contribution in [-0.2, 0) is 6.42 Å². The molecule has 0 aromatic heterocycles. The molecule has 1 aromatic rings. The van der Waals surface area contributed by atoms with Gasteiger partial charge in [0.15, 0.2) is 0 Å². The number of amides is 2. The van der Waals surface area contributed by atoms with Crippen LogP contribution in [-0.4, -0.2) is 18.6 Å². The fraction of sp³-hybridized carbons (Fsp3) is 0.667. The van der Waals surface area contributed by atoms with E-state index in [-0.39, 0.29) is 6.03 Å². The maximum Gasteiger partial charge on any atom is 0.315 e. The topological polar surface area (TPSA) is 41.1 Å². The minimum absolute atomic E-state index is 0.00850. The number of hydrogen-bond donors (Lipinski definition) is 2. The zero-order valence-corrected chi connectivity index (χ0v) is 14.8. The molecule has 0 spiro atoms. The van der Waals surface area contributed by atoms with Crippen molar-refractivity contribution in [3.05, 3.63) is 35.9 Å². The van der Waals surface area contributed by atoms with E-state index in [1.54, 1.807) is 0 Å². The highest BCUT2D eigenvalue weighted by Gasteiger charge is 2.53. The Bertz CT molecular complexity index is 547. The summed E-state index contributed by atoms with van der Waals surface area (Å²) < 4.78 is 0. The van der Waals surface area contributed by atoms with Crippen molar-refractivity contribution in [1.29, 1.82) is 0 Å². The molecule has 4 aliphatic carbocycles. The van der Waals surface area contributed by atoms with Gasteiger partial charge >= 0.3 is 6.03 Å². The first-order chi connectivity index (χ1) is 11.6. The van der Waals surface area contributed by atoms with E-state index in [2.05, 4.69) is 29.7 Å². The minimum Gasteiger partial charge on any atom is -0.338 e. The van der Waals surface area contributed by atoms with E-state index < -0.39 is 0 Å². The summed E-state index contributed by atoms with van der Waals surface area (Å²) in [7, 11) is 0. The van der Waals surface area contributed by atoms with Crippen molar-refractivity contribution < 1.29 is 4.79 Å². The van der Waals surface area contributed by atoms with Gasteiger partial charge in [0, 0.05) is 12.6 Å². The average molecular weight is 326 g/mol. The maximum atomic E-state index is 12.3. The summed E-state index contributed by atoms with van der Waals surface area (Å²) in [4.78, 5) is 12.3. The molecule has 4 aliphatic rings. The van der Waals surface area contributed by atoms with Crippen molar-refractivity contribution in [2.75, 3.05) is 6.54 Å². The Morgan fingerprint density at radius 3 is 2.25 bits per heavy atom. The Morgan fingerprint density at radius 1 is 1.08 bits per heavy atom. The predicted molar refractivity (Wildman–Crippen MR) is 96.7 cm³/mol. The van der Waals surface area contributed by atoms with Crippen molar-refractivity contribution in [2.45, 2.75) is 57.9 Å². The Balaban J connectivity index is 1.28. The Kier molecular flexibility index (Phi) is 4.28. The van der Waals surface area contributed by atoms with Gasteiger partial charge in [-0.25, -0.2) is 4.79 Å². The first kappa shape index (κ1) is 16.0. The Labute approximate surface area is 145 Å². The third-order valence-corrected chi connectivity index (χ3v) is 6.89. The van der Waals surface area contributed by atoms with Crippen LogP contribution in [0.4, 0.5) is 4.79 Å². The fourth-order valence-electron chi connectivity index (χ4n) is 6.07. The molecule has 5 rings (SSSR count). The van der Waals surface area contributed by atoms with Gasteiger partial charge in [0.1, 0.15) is 0 Å². The molecule has 130 valence electrons. The van der Waals surface area contributed by atoms with E-state index in [1.165, 1.54) is 44.1 Å². The summed E-state index contributed by atoms with van der Waals surface area (Å²) >= 11 is 0. The first-order valence-electron chi connectivity index (χ1n) is 9.71. The SMILES string of the molecule is CC(NC(=O)NCCc1ccccc1)C12CC3CC(CC(C3)C1)C2. The predicted octanol–water partition coefficient (Wildman–Crippen LogP) is 4.13. The molecule has 1 atom stereocenters. The molecule has 4 saturated carbocycles. The molecule has 0 heterocycles. The monoisotopic (exact) mass is 326 g/mol. The molecule has 3 heteroatoms. The van der Waals surface area contributed by atoms with Gasteiger partial charge in [-0.15, -0.1) is 0 Å². The molecule has 3 nitrogen and oxygen atoms in total. The lowest BCUT2D eigenvalue weighted by Gasteiger charge is -2.59. The van der Waals surface area contributed by atoms with Crippen LogP contribution in [0.25, 0.3) is 0 Å². The molecule has 1 aromatic carbocycles. The van der Waals surface area contributed by atoms with Gasteiger partial charge in [0.2, 0.25) is 0 Å². The highest BCUT2D eigenvalue weighted by Crippen LogP contribution is 2.61. The van der Waals surface area contributed by atoms with Crippen LogP contribution in [0, 0.1) is 23.2 Å². The molecule has 1 unspecified atom stereocenters. The van der Waals surface area contributed by atoms with Gasteiger partial charge in [-0.05, 0) is 80.6 Å². The highest BCUT2D eigenvalue weighted by molar-refractivity contribution is 5.74. The van der Waals surface area contributed by atoms with E-state index in [0.29, 0.717) is 18.0 Å². The molecule has 2 N–H and O–H groups in total. The normalized spacial score (nSPS) is 34.8. The lowest BCUT2D eigenvalue weighted by molar-refractivity contribution is -0.0682. The van der Waals surface area contributed by atoms with Gasteiger partial charge in [0.25, 0.3) is 0 Å². The minimum atomic E-state index is 0.00850. The van der Waals surface area contributed by atoms with Crippen LogP contribution in [0.3, 0.4) is 0 Å². The molecule has 0 radical (unpaired) electrons. The van der Waals surface area contributed by atoms with E-state index >= 15 is 0 Å². The number of urea groups is 1. The quantitative estimate of drug-likeness (QED) is 0.839. The second-order valence-corrected chi connectivity index (χ2v) is 8.64. The van der Waals surface area contributed by atoms with E-state index in [4.69, 9.17) is 0 Å². The smallest absolute Gasteiger partial charge is 0.315 e. The molecule has 4 bridgehead atoms. The van der Waals surface area contributed by atoms with Gasteiger partial charge in [-0.2, -0.15) is 0 Å². The summed E-state index contributed by atoms with van der Waals surface area (Å²) in [6, 6.07) is 10.6. The first-order valence-corrected chi connectivity index (χ1v) is 9.71. The summed E-state index contributed by atoms with van der Waals surface area (Å²) in [5.41, 5.74) is 1.65. The van der Waals surface area contributed by atoms with Crippen molar-refractivity contribution in [3.63, 3.8) is 0 Å². The van der Waals surface area contributed by atoms with E-state index in [1.807, 2.05) is 18.2 Å². The van der Waals surface area contributed by atoms with Crippen LogP contribution in [0.1, 0.15) is 51.0 Å². The van der Waals surface area contributed by atoms with Crippen LogP contribution >= 0.6 is 0 Å². The van der Waals surface area contributed by atoms with Crippen LogP contribution in [0.15, 0.2) is 30.3 Å². The van der Waals surface area contributed by atoms with Crippen molar-refractivity contribution in [1.82, 2.24) is 10.6 Å². The Hall–Kier alpha value is -1.51. The summed E-state index contributed by atoms with van der Waals surface area (Å²) in [5.74, 6) is 2.80. The number of benzene rings is 1. The zero-order valence-electron chi connectivity index (χ0n) is 14.8. The van der Waals surface area contributed by atoms with Crippen LogP contribution in [0.5, 0.6) is 0 Å². The van der Waals surface area contributed by atoms with Crippen LogP contribution < -0.4 is 10.6 Å². The Morgan fingerprint density at radius 2 is 1.67 bits per heavy atom. The molecule has 0 aliphatic heterocycles. The standard InChI is InChI=1S/C21H30N2O/c1-15(21-12-17-9-18(13-21)11-19(10-17)14-21)23-20(24)22-8-7-16-5-3-2-4-6-16/h2-6,15,17-19H,7-14H2,1H3,(H2,22,23,24). The fourth-order valence-corrected chi connectivity index (χ4v) is 6.07. The van der Waals surface area contributed by atoms with Crippen molar-refractivity contribution in [2.24, 2.45) is 23.2 Å². The second kappa shape index (κ2) is 6.42. The zero-order chi connectivity index (χ0) is 16.6. The highest BCUT2D eigenvalue weighted by atomic mass is 16.2. The van der Waals surface area contributed by atoms with Crippen molar-refractivity contribution >= 4 is 6.03 Å². The van der Waals surface area contributed by atoms with Gasteiger partial charge in [-0.3, -0.25) is 0 Å². The molecular formula is C21H30N2O. The summed E-state index contributed by atoms with van der Waals surface area (Å²) in [6.07, 6.45) is 9.26. The number of carbonyl (C=O) groups excluding carboxylic acids is 1. The number of hydrogen-bond acceptors (Lipinski definition) is 1. The molecule has 0 saturated heterocycles. The van der Waals surface area contributed by atoms with E-state index in [0.717, 1.165) is 24.2 Å². The third kappa shape index (κ3) is 3.18. The number of nitrogens with one attached hydrogen (secondary N) is 2. The van der Waals surface area contributed by atoms with Crippen molar-refractivity contribution in [3.8, 4) is 0 Å². The van der Waals surface area contributed by atoms with Crippen LogP contribution in [0.2, 0.25) is 0 Å². The number of carbonyl (C=O) groups is 1. The molecule has 2 amide bonds. The summed E-state index contributed by atoms with van der Waals surface area (Å²) in [5, 5.41) is 6.32. The second-order valence-electron chi connectivity index (χ2n) is 8.64. The third-order valence-electron chi connectivity index (χ3n) is 6.89.